The third kappa shape index (κ3) is 3.93. The molecule has 128 valence electrons. The number of carboxylic acids is 1. The van der Waals surface area contributed by atoms with Crippen LogP contribution in [-0.2, 0) is 15.7 Å². The Morgan fingerprint density at radius 3 is 2.83 bits per heavy atom. The van der Waals surface area contributed by atoms with Crippen molar-refractivity contribution < 1.29 is 27.8 Å². The standard InChI is InChI=1S/C15H19F3N2O3/c1-23-9-7-14(13(21)22)6-3-8-20(10-14)12-5-2-4-11(19-12)15(16,17)18/h2,4-5H,3,6-10H2,1H3,(H,21,22). The fourth-order valence-corrected chi connectivity index (χ4v) is 2.87. The van der Waals surface area contributed by atoms with Crippen LogP contribution in [0, 0.1) is 5.41 Å². The summed E-state index contributed by atoms with van der Waals surface area (Å²) in [6, 6.07) is 3.67. The minimum Gasteiger partial charge on any atom is -0.481 e. The van der Waals surface area contributed by atoms with Gasteiger partial charge < -0.3 is 14.7 Å². The summed E-state index contributed by atoms with van der Waals surface area (Å²) in [7, 11) is 1.49. The Balaban J connectivity index is 2.25. The molecule has 1 aromatic heterocycles. The predicted molar refractivity (Wildman–Crippen MR) is 77.2 cm³/mol. The summed E-state index contributed by atoms with van der Waals surface area (Å²) in [6.07, 6.45) is -3.16. The van der Waals surface area contributed by atoms with Crippen molar-refractivity contribution in [3.63, 3.8) is 0 Å². The van der Waals surface area contributed by atoms with Crippen molar-refractivity contribution in [2.45, 2.75) is 25.4 Å². The van der Waals surface area contributed by atoms with Gasteiger partial charge >= 0.3 is 12.1 Å². The Hall–Kier alpha value is -1.83. The first-order valence-corrected chi connectivity index (χ1v) is 7.30. The molecule has 0 saturated carbocycles. The maximum absolute atomic E-state index is 12.8. The summed E-state index contributed by atoms with van der Waals surface area (Å²) in [5.74, 6) is -0.797. The predicted octanol–water partition coefficient (Wildman–Crippen LogP) is 2.81. The lowest BCUT2D eigenvalue weighted by Gasteiger charge is -2.40. The van der Waals surface area contributed by atoms with Crippen LogP contribution in [0.4, 0.5) is 19.0 Å². The highest BCUT2D eigenvalue weighted by Crippen LogP contribution is 2.36. The zero-order valence-corrected chi connectivity index (χ0v) is 12.8. The molecule has 1 unspecified atom stereocenters. The first-order chi connectivity index (χ1) is 10.8. The molecule has 5 nitrogen and oxygen atoms in total. The second-order valence-corrected chi connectivity index (χ2v) is 5.73. The van der Waals surface area contributed by atoms with Crippen molar-refractivity contribution in [1.29, 1.82) is 0 Å². The maximum atomic E-state index is 12.8. The number of carboxylic acid groups (broad SMARTS) is 1. The van der Waals surface area contributed by atoms with Gasteiger partial charge in [0.05, 0.1) is 5.41 Å². The number of ether oxygens (including phenoxy) is 1. The number of pyridine rings is 1. The van der Waals surface area contributed by atoms with Gasteiger partial charge in [-0.05, 0) is 31.4 Å². The number of aromatic nitrogens is 1. The van der Waals surface area contributed by atoms with Crippen molar-refractivity contribution in [1.82, 2.24) is 4.98 Å². The first kappa shape index (κ1) is 17.5. The number of nitrogens with zero attached hydrogens (tertiary/aromatic N) is 2. The molecule has 2 rings (SSSR count). The molecule has 23 heavy (non-hydrogen) atoms. The number of carbonyl (C=O) groups is 1. The average molecular weight is 332 g/mol. The fraction of sp³-hybridized carbons (Fsp3) is 0.600. The van der Waals surface area contributed by atoms with Crippen LogP contribution in [-0.4, -0.2) is 42.9 Å². The first-order valence-electron chi connectivity index (χ1n) is 7.30. The van der Waals surface area contributed by atoms with Crippen LogP contribution in [0.25, 0.3) is 0 Å². The summed E-state index contributed by atoms with van der Waals surface area (Å²) < 4.78 is 43.3. The van der Waals surface area contributed by atoms with E-state index in [0.29, 0.717) is 25.8 Å². The number of aliphatic carboxylic acids is 1. The van der Waals surface area contributed by atoms with Crippen LogP contribution in [0.15, 0.2) is 18.2 Å². The summed E-state index contributed by atoms with van der Waals surface area (Å²) in [4.78, 5) is 17.0. The van der Waals surface area contributed by atoms with E-state index in [1.807, 2.05) is 0 Å². The number of alkyl halides is 3. The topological polar surface area (TPSA) is 62.7 Å². The number of hydrogen-bond donors (Lipinski definition) is 1. The summed E-state index contributed by atoms with van der Waals surface area (Å²) in [6.45, 7) is 0.895. The molecule has 1 fully saturated rings. The average Bonchev–Trinajstić information content (AvgIpc) is 2.52. The van der Waals surface area contributed by atoms with Crippen molar-refractivity contribution in [2.75, 3.05) is 31.7 Å². The van der Waals surface area contributed by atoms with Gasteiger partial charge in [0.1, 0.15) is 11.5 Å². The zero-order chi connectivity index (χ0) is 17.1. The Morgan fingerprint density at radius 2 is 2.22 bits per heavy atom. The van der Waals surface area contributed by atoms with Crippen LogP contribution < -0.4 is 4.90 Å². The second-order valence-electron chi connectivity index (χ2n) is 5.73. The van der Waals surface area contributed by atoms with E-state index in [0.717, 1.165) is 6.07 Å². The van der Waals surface area contributed by atoms with Gasteiger partial charge in [0.25, 0.3) is 0 Å². The Labute approximate surface area is 132 Å². The molecule has 0 bridgehead atoms. The minimum absolute atomic E-state index is 0.125. The fourth-order valence-electron chi connectivity index (χ4n) is 2.87. The lowest BCUT2D eigenvalue weighted by Crippen LogP contribution is -2.48. The largest absolute Gasteiger partial charge is 0.481 e. The molecule has 0 amide bonds. The Bertz CT molecular complexity index is 565. The molecule has 0 aliphatic carbocycles. The molecule has 1 aliphatic heterocycles. The Morgan fingerprint density at radius 1 is 1.48 bits per heavy atom. The number of halogens is 3. The van der Waals surface area contributed by atoms with Crippen LogP contribution in [0.1, 0.15) is 25.0 Å². The van der Waals surface area contributed by atoms with Crippen LogP contribution in [0.3, 0.4) is 0 Å². The number of piperidine rings is 1. The van der Waals surface area contributed by atoms with Gasteiger partial charge in [-0.15, -0.1) is 0 Å². The van der Waals surface area contributed by atoms with Crippen LogP contribution in [0.5, 0.6) is 0 Å². The highest BCUT2D eigenvalue weighted by Gasteiger charge is 2.42. The van der Waals surface area contributed by atoms with E-state index in [9.17, 15) is 23.1 Å². The number of methoxy groups -OCH3 is 1. The van der Waals surface area contributed by atoms with Gasteiger partial charge in [0.15, 0.2) is 0 Å². The normalized spacial score (nSPS) is 22.2. The highest BCUT2D eigenvalue weighted by molar-refractivity contribution is 5.76. The molecule has 0 radical (unpaired) electrons. The van der Waals surface area contributed by atoms with E-state index >= 15 is 0 Å². The quantitative estimate of drug-likeness (QED) is 0.898. The molecule has 1 aromatic rings. The Kier molecular flexibility index (Phi) is 5.13. The number of hydrogen-bond acceptors (Lipinski definition) is 4. The maximum Gasteiger partial charge on any atom is 0.433 e. The molecule has 2 heterocycles. The van der Waals surface area contributed by atoms with E-state index in [4.69, 9.17) is 4.74 Å². The number of rotatable bonds is 5. The van der Waals surface area contributed by atoms with Crippen molar-refractivity contribution in [2.24, 2.45) is 5.41 Å². The van der Waals surface area contributed by atoms with Gasteiger partial charge in [-0.3, -0.25) is 4.79 Å². The van der Waals surface area contributed by atoms with Gasteiger partial charge in [-0.1, -0.05) is 6.07 Å². The second kappa shape index (κ2) is 6.74. The summed E-state index contributed by atoms with van der Waals surface area (Å²) in [5, 5.41) is 9.58. The van der Waals surface area contributed by atoms with Gasteiger partial charge in [0, 0.05) is 26.8 Å². The van der Waals surface area contributed by atoms with E-state index in [-0.39, 0.29) is 19.0 Å². The lowest BCUT2D eigenvalue weighted by atomic mass is 9.77. The molecule has 0 aromatic carbocycles. The lowest BCUT2D eigenvalue weighted by molar-refractivity contribution is -0.151. The van der Waals surface area contributed by atoms with Gasteiger partial charge in [-0.25, -0.2) is 4.98 Å². The highest BCUT2D eigenvalue weighted by atomic mass is 19.4. The van der Waals surface area contributed by atoms with E-state index < -0.39 is 23.3 Å². The summed E-state index contributed by atoms with van der Waals surface area (Å²) in [5.41, 5.74) is -2.00. The SMILES string of the molecule is COCCC1(C(=O)O)CCCN(c2cccc(C(F)(F)F)n2)C1. The molecule has 1 N–H and O–H groups in total. The van der Waals surface area contributed by atoms with Crippen LogP contribution >= 0.6 is 0 Å². The van der Waals surface area contributed by atoms with Crippen molar-refractivity contribution in [3.8, 4) is 0 Å². The van der Waals surface area contributed by atoms with Crippen molar-refractivity contribution in [3.05, 3.63) is 23.9 Å². The van der Waals surface area contributed by atoms with E-state index in [2.05, 4.69) is 4.98 Å². The van der Waals surface area contributed by atoms with Gasteiger partial charge in [0.2, 0.25) is 0 Å². The molecule has 1 atom stereocenters. The van der Waals surface area contributed by atoms with Gasteiger partial charge in [-0.2, -0.15) is 13.2 Å². The minimum atomic E-state index is -4.52. The molecular weight excluding hydrogens is 313 g/mol. The smallest absolute Gasteiger partial charge is 0.433 e. The van der Waals surface area contributed by atoms with E-state index in [1.54, 1.807) is 4.90 Å². The van der Waals surface area contributed by atoms with E-state index in [1.165, 1.54) is 19.2 Å². The van der Waals surface area contributed by atoms with Crippen molar-refractivity contribution >= 4 is 11.8 Å². The monoisotopic (exact) mass is 332 g/mol. The molecule has 0 spiro atoms. The number of anilines is 1. The summed E-state index contributed by atoms with van der Waals surface area (Å²) >= 11 is 0. The third-order valence-electron chi connectivity index (χ3n) is 4.16. The van der Waals surface area contributed by atoms with Crippen LogP contribution in [0.2, 0.25) is 0 Å². The molecular formula is C15H19F3N2O3. The third-order valence-corrected chi connectivity index (χ3v) is 4.16. The molecule has 1 aliphatic rings. The zero-order valence-electron chi connectivity index (χ0n) is 12.8. The molecule has 1 saturated heterocycles. The molecule has 8 heteroatoms.